The summed E-state index contributed by atoms with van der Waals surface area (Å²) < 4.78 is 0. The number of hydrogen-bond donors (Lipinski definition) is 0. The fraction of sp³-hybridized carbons (Fsp3) is 0. The highest BCUT2D eigenvalue weighted by molar-refractivity contribution is 6.22. The van der Waals surface area contributed by atoms with Gasteiger partial charge in [0, 0.05) is 18.0 Å². The summed E-state index contributed by atoms with van der Waals surface area (Å²) in [5.41, 5.74) is 6.85. The Morgan fingerprint density at radius 2 is 0.900 bits per heavy atom. The van der Waals surface area contributed by atoms with E-state index in [0.717, 1.165) is 11.3 Å². The number of rotatable bonds is 3. The van der Waals surface area contributed by atoms with Crippen molar-refractivity contribution in [3.8, 4) is 33.5 Å². The lowest BCUT2D eigenvalue weighted by atomic mass is 9.84. The second kappa shape index (κ2) is 9.14. The van der Waals surface area contributed by atoms with Crippen LogP contribution >= 0.6 is 0 Å². The van der Waals surface area contributed by atoms with Crippen LogP contribution in [0.15, 0.2) is 146 Å². The van der Waals surface area contributed by atoms with Gasteiger partial charge in [0.15, 0.2) is 0 Å². The van der Waals surface area contributed by atoms with Gasteiger partial charge in [0.1, 0.15) is 0 Å². The van der Waals surface area contributed by atoms with Gasteiger partial charge in [-0.2, -0.15) is 0 Å². The molecule has 0 aliphatic rings. The van der Waals surface area contributed by atoms with E-state index in [1.54, 1.807) is 12.4 Å². The average molecular weight is 509 g/mol. The van der Waals surface area contributed by atoms with Gasteiger partial charge in [-0.1, -0.05) is 109 Å². The molecule has 0 unspecified atom stereocenters. The summed E-state index contributed by atoms with van der Waals surface area (Å²) >= 11 is 0. The Morgan fingerprint density at radius 1 is 0.375 bits per heavy atom. The molecule has 0 bridgehead atoms. The summed E-state index contributed by atoms with van der Waals surface area (Å²) in [4.78, 5) is 8.95. The zero-order valence-corrected chi connectivity index (χ0v) is 21.8. The van der Waals surface area contributed by atoms with Gasteiger partial charge in [-0.05, 0) is 83.5 Å². The van der Waals surface area contributed by atoms with Crippen molar-refractivity contribution < 1.29 is 0 Å². The lowest BCUT2D eigenvalue weighted by Crippen LogP contribution is -1.92. The minimum atomic E-state index is 0.870. The quantitative estimate of drug-likeness (QED) is 0.222. The first-order chi connectivity index (χ1) is 19.8. The summed E-state index contributed by atoms with van der Waals surface area (Å²) in [7, 11) is 0. The highest BCUT2D eigenvalue weighted by Crippen LogP contribution is 2.45. The molecule has 0 radical (unpaired) electrons. The molecule has 7 aromatic carbocycles. The Kier molecular flexibility index (Phi) is 5.17. The van der Waals surface area contributed by atoms with E-state index >= 15 is 0 Å². The maximum atomic E-state index is 4.61. The monoisotopic (exact) mass is 508 g/mol. The molecule has 0 fully saturated rings. The maximum absolute atomic E-state index is 4.61. The summed E-state index contributed by atoms with van der Waals surface area (Å²) in [5.74, 6) is 0. The zero-order chi connectivity index (χ0) is 26.5. The molecule has 8 aromatic rings. The fourth-order valence-corrected chi connectivity index (χ4v) is 6.10. The van der Waals surface area contributed by atoms with Gasteiger partial charge < -0.3 is 0 Å². The van der Waals surface area contributed by atoms with Gasteiger partial charge in [-0.15, -0.1) is 0 Å². The minimum absolute atomic E-state index is 0.870. The van der Waals surface area contributed by atoms with Crippen molar-refractivity contribution in [1.82, 2.24) is 9.97 Å². The molecule has 40 heavy (non-hydrogen) atoms. The number of hydrogen-bond acceptors (Lipinski definition) is 2. The van der Waals surface area contributed by atoms with Gasteiger partial charge in [0.25, 0.3) is 0 Å². The first-order valence-electron chi connectivity index (χ1n) is 13.6. The molecular formula is C38H24N2. The first-order valence-corrected chi connectivity index (χ1v) is 13.6. The van der Waals surface area contributed by atoms with Crippen LogP contribution in [0.25, 0.3) is 76.6 Å². The van der Waals surface area contributed by atoms with Crippen LogP contribution in [0.1, 0.15) is 0 Å². The second-order valence-corrected chi connectivity index (χ2v) is 10.3. The van der Waals surface area contributed by atoms with E-state index in [4.69, 9.17) is 0 Å². The van der Waals surface area contributed by atoms with Gasteiger partial charge >= 0.3 is 0 Å². The average Bonchev–Trinajstić information content (AvgIpc) is 3.03. The molecule has 1 heterocycles. The van der Waals surface area contributed by atoms with Crippen LogP contribution in [-0.4, -0.2) is 9.97 Å². The molecule has 0 saturated carbocycles. The smallest absolute Gasteiger partial charge is 0.0885 e. The Bertz CT molecular complexity index is 2210. The molecule has 186 valence electrons. The topological polar surface area (TPSA) is 25.8 Å². The zero-order valence-electron chi connectivity index (χ0n) is 21.8. The normalized spacial score (nSPS) is 11.5. The third-order valence-electron chi connectivity index (χ3n) is 7.96. The standard InChI is InChI=1S/C38H24N2/c1-3-9-27-21-30(15-13-25(27)7-1)37-32-11-5-6-12-33(32)38(31-16-14-26-8-2-4-10-28(26)22-31)35-23-29(17-18-34(35)37)36-24-39-19-20-40-36/h1-24H. The molecule has 0 saturated heterocycles. The first kappa shape index (κ1) is 22.6. The maximum Gasteiger partial charge on any atom is 0.0885 e. The molecule has 0 aliphatic heterocycles. The van der Waals surface area contributed by atoms with E-state index in [2.05, 4.69) is 137 Å². The molecule has 0 amide bonds. The highest BCUT2D eigenvalue weighted by Gasteiger charge is 2.18. The van der Waals surface area contributed by atoms with Crippen molar-refractivity contribution in [2.75, 3.05) is 0 Å². The van der Waals surface area contributed by atoms with E-state index in [1.807, 2.05) is 6.20 Å². The molecule has 0 N–H and O–H groups in total. The summed E-state index contributed by atoms with van der Waals surface area (Å²) in [6.07, 6.45) is 5.31. The van der Waals surface area contributed by atoms with Crippen molar-refractivity contribution in [3.05, 3.63) is 146 Å². The Morgan fingerprint density at radius 3 is 1.50 bits per heavy atom. The third kappa shape index (κ3) is 3.65. The molecular weight excluding hydrogens is 484 g/mol. The second-order valence-electron chi connectivity index (χ2n) is 10.3. The number of fused-ring (bicyclic) bond motifs is 4. The van der Waals surface area contributed by atoms with Crippen molar-refractivity contribution in [2.24, 2.45) is 0 Å². The van der Waals surface area contributed by atoms with Gasteiger partial charge in [0.2, 0.25) is 0 Å². The Labute approximate surface area is 232 Å². The molecule has 1 aromatic heterocycles. The minimum Gasteiger partial charge on any atom is -0.261 e. The molecule has 2 nitrogen and oxygen atoms in total. The number of aromatic nitrogens is 2. The van der Waals surface area contributed by atoms with Gasteiger partial charge in [-0.25, -0.2) is 0 Å². The van der Waals surface area contributed by atoms with E-state index in [-0.39, 0.29) is 0 Å². The fourth-order valence-electron chi connectivity index (χ4n) is 6.10. The third-order valence-corrected chi connectivity index (χ3v) is 7.96. The SMILES string of the molecule is c1ccc2cc(-c3c4ccccc4c(-c4ccc5ccccc5c4)c4cc(-c5cnccn5)ccc34)ccc2c1. The van der Waals surface area contributed by atoms with Crippen LogP contribution in [0.2, 0.25) is 0 Å². The largest absolute Gasteiger partial charge is 0.261 e. The lowest BCUT2D eigenvalue weighted by Gasteiger charge is -2.19. The summed E-state index contributed by atoms with van der Waals surface area (Å²) in [5, 5.41) is 9.90. The Balaban J connectivity index is 1.51. The van der Waals surface area contributed by atoms with Crippen LogP contribution in [0.3, 0.4) is 0 Å². The Hall–Kier alpha value is -5.34. The predicted octanol–water partition coefficient (Wildman–Crippen LogP) is 10.1. The van der Waals surface area contributed by atoms with Gasteiger partial charge in [0.05, 0.1) is 11.9 Å². The van der Waals surface area contributed by atoms with Crippen LogP contribution in [0.5, 0.6) is 0 Å². The van der Waals surface area contributed by atoms with Crippen LogP contribution in [-0.2, 0) is 0 Å². The van der Waals surface area contributed by atoms with E-state index in [1.165, 1.54) is 65.3 Å². The van der Waals surface area contributed by atoms with Crippen LogP contribution < -0.4 is 0 Å². The molecule has 0 atom stereocenters. The van der Waals surface area contributed by atoms with Gasteiger partial charge in [-0.3, -0.25) is 9.97 Å². The number of nitrogens with zero attached hydrogens (tertiary/aromatic N) is 2. The van der Waals surface area contributed by atoms with E-state index in [9.17, 15) is 0 Å². The highest BCUT2D eigenvalue weighted by atomic mass is 14.8. The molecule has 2 heteroatoms. The molecule has 0 spiro atoms. The lowest BCUT2D eigenvalue weighted by molar-refractivity contribution is 1.21. The summed E-state index contributed by atoms with van der Waals surface area (Å²) in [6.45, 7) is 0. The molecule has 0 aliphatic carbocycles. The van der Waals surface area contributed by atoms with E-state index < -0.39 is 0 Å². The van der Waals surface area contributed by atoms with Crippen molar-refractivity contribution >= 4 is 43.1 Å². The summed E-state index contributed by atoms with van der Waals surface area (Å²) in [6, 6.07) is 46.3. The van der Waals surface area contributed by atoms with Crippen molar-refractivity contribution in [3.63, 3.8) is 0 Å². The van der Waals surface area contributed by atoms with Crippen molar-refractivity contribution in [1.29, 1.82) is 0 Å². The van der Waals surface area contributed by atoms with Crippen LogP contribution in [0, 0.1) is 0 Å². The molecule has 8 rings (SSSR count). The van der Waals surface area contributed by atoms with E-state index in [0.29, 0.717) is 0 Å². The van der Waals surface area contributed by atoms with Crippen molar-refractivity contribution in [2.45, 2.75) is 0 Å². The van der Waals surface area contributed by atoms with Crippen LogP contribution in [0.4, 0.5) is 0 Å². The predicted molar refractivity (Wildman–Crippen MR) is 168 cm³/mol. The number of benzene rings is 7.